The molecule has 5 nitrogen and oxygen atoms in total. The topological polar surface area (TPSA) is 70.7 Å². The van der Waals surface area contributed by atoms with E-state index >= 15 is 0 Å². The summed E-state index contributed by atoms with van der Waals surface area (Å²) in [4.78, 5) is 9.67. The molecule has 0 fully saturated rings. The van der Waals surface area contributed by atoms with Crippen molar-refractivity contribution in [3.05, 3.63) is 113 Å². The van der Waals surface area contributed by atoms with Crippen molar-refractivity contribution in [1.29, 1.82) is 0 Å². The van der Waals surface area contributed by atoms with Crippen LogP contribution in [0.3, 0.4) is 0 Å². The summed E-state index contributed by atoms with van der Waals surface area (Å²) in [7, 11) is 0. The lowest BCUT2D eigenvalue weighted by Gasteiger charge is -2.14. The summed E-state index contributed by atoms with van der Waals surface area (Å²) in [5.41, 5.74) is 5.19. The molecule has 0 aliphatic rings. The summed E-state index contributed by atoms with van der Waals surface area (Å²) in [6, 6.07) is 23.0. The van der Waals surface area contributed by atoms with Crippen molar-refractivity contribution in [2.45, 2.75) is 19.3 Å². The van der Waals surface area contributed by atoms with Crippen LogP contribution in [-0.4, -0.2) is 24.6 Å². The van der Waals surface area contributed by atoms with E-state index in [1.54, 1.807) is 47.0 Å². The van der Waals surface area contributed by atoms with Gasteiger partial charge in [0.2, 0.25) is 5.88 Å². The van der Waals surface area contributed by atoms with Crippen molar-refractivity contribution < 1.29 is 14.6 Å². The largest absolute Gasteiger partial charge is 0.508 e. The molecule has 2 aromatic heterocycles. The number of benzene rings is 3. The Kier molecular flexibility index (Phi) is 5.26. The van der Waals surface area contributed by atoms with Gasteiger partial charge in [0, 0.05) is 24.1 Å². The van der Waals surface area contributed by atoms with Gasteiger partial charge < -0.3 is 10.2 Å². The first-order valence-electron chi connectivity index (χ1n) is 10.7. The number of hydrogen-bond acceptors (Lipinski definition) is 4. The summed E-state index contributed by atoms with van der Waals surface area (Å²) >= 11 is 0. The maximum Gasteiger partial charge on any atom is 0.219 e. The van der Waals surface area contributed by atoms with E-state index in [9.17, 15) is 14.6 Å². The van der Waals surface area contributed by atoms with Crippen LogP contribution in [0.15, 0.2) is 85.1 Å². The Morgan fingerprint density at radius 3 is 2.27 bits per heavy atom. The van der Waals surface area contributed by atoms with Crippen molar-refractivity contribution in [1.82, 2.24) is 14.4 Å². The minimum absolute atomic E-state index is 0.0262. The fourth-order valence-corrected chi connectivity index (χ4v) is 3.98. The van der Waals surface area contributed by atoms with Crippen LogP contribution in [0.1, 0.15) is 35.4 Å². The summed E-state index contributed by atoms with van der Waals surface area (Å²) in [5.74, 6) is -0.186. The molecule has 0 spiro atoms. The summed E-state index contributed by atoms with van der Waals surface area (Å²) in [6.07, 6.45) is 2.11. The number of aromatic nitrogens is 3. The second-order valence-corrected chi connectivity index (χ2v) is 8.07. The van der Waals surface area contributed by atoms with E-state index in [0.29, 0.717) is 23.5 Å². The van der Waals surface area contributed by atoms with Crippen molar-refractivity contribution in [3.8, 4) is 22.9 Å². The Balaban J connectivity index is 1.68. The molecule has 0 radical (unpaired) electrons. The van der Waals surface area contributed by atoms with Gasteiger partial charge >= 0.3 is 0 Å². The van der Waals surface area contributed by atoms with Crippen molar-refractivity contribution in [2.24, 2.45) is 0 Å². The summed E-state index contributed by atoms with van der Waals surface area (Å²) in [5, 5.41) is 20.7. The standard InChI is InChI=1S/C27H22FN3O2/c1-17(19-5-3-2-4-6-19)25-26-30-23(15-18-7-11-21(28)12-8-18)27(33)31(26)16-24(29-25)20-9-13-22(32)14-10-20/h2-14,16-17,32-33H,15H2,1H3. The minimum Gasteiger partial charge on any atom is -0.508 e. The van der Waals surface area contributed by atoms with E-state index in [0.717, 1.165) is 22.4 Å². The maximum absolute atomic E-state index is 13.3. The van der Waals surface area contributed by atoms with Crippen LogP contribution in [0, 0.1) is 5.82 Å². The third kappa shape index (κ3) is 4.03. The number of fused-ring (bicyclic) bond motifs is 1. The molecule has 0 saturated heterocycles. The van der Waals surface area contributed by atoms with Crippen molar-refractivity contribution >= 4 is 5.65 Å². The molecule has 0 amide bonds. The van der Waals surface area contributed by atoms with E-state index in [2.05, 4.69) is 6.92 Å². The Labute approximate surface area is 190 Å². The number of phenolic OH excluding ortho intramolecular Hbond substituents is 1. The van der Waals surface area contributed by atoms with Gasteiger partial charge in [-0.3, -0.25) is 4.40 Å². The van der Waals surface area contributed by atoms with Gasteiger partial charge in [-0.15, -0.1) is 0 Å². The number of hydrogen-bond donors (Lipinski definition) is 2. The highest BCUT2D eigenvalue weighted by molar-refractivity contribution is 5.64. The van der Waals surface area contributed by atoms with Crippen LogP contribution in [0.4, 0.5) is 4.39 Å². The molecule has 33 heavy (non-hydrogen) atoms. The first kappa shape index (κ1) is 20.7. The number of aromatic hydroxyl groups is 2. The van der Waals surface area contributed by atoms with Crippen LogP contribution >= 0.6 is 0 Å². The third-order valence-corrected chi connectivity index (χ3v) is 5.83. The highest BCUT2D eigenvalue weighted by Gasteiger charge is 2.22. The molecule has 6 heteroatoms. The molecule has 5 rings (SSSR count). The van der Waals surface area contributed by atoms with Crippen LogP contribution in [-0.2, 0) is 6.42 Å². The quantitative estimate of drug-likeness (QED) is 0.369. The average molecular weight is 439 g/mol. The zero-order valence-electron chi connectivity index (χ0n) is 18.0. The molecule has 1 unspecified atom stereocenters. The number of imidazole rings is 1. The number of nitrogens with zero attached hydrogens (tertiary/aromatic N) is 3. The molecule has 2 heterocycles. The van der Waals surface area contributed by atoms with E-state index in [1.165, 1.54) is 12.1 Å². The highest BCUT2D eigenvalue weighted by Crippen LogP contribution is 2.33. The van der Waals surface area contributed by atoms with Crippen LogP contribution in [0.2, 0.25) is 0 Å². The number of rotatable bonds is 5. The highest BCUT2D eigenvalue weighted by atomic mass is 19.1. The van der Waals surface area contributed by atoms with Gasteiger partial charge in [-0.05, 0) is 47.5 Å². The summed E-state index contributed by atoms with van der Waals surface area (Å²) in [6.45, 7) is 2.06. The van der Waals surface area contributed by atoms with Crippen LogP contribution < -0.4 is 0 Å². The number of halogens is 1. The Morgan fingerprint density at radius 1 is 0.879 bits per heavy atom. The van der Waals surface area contributed by atoms with Gasteiger partial charge in [0.1, 0.15) is 17.3 Å². The zero-order valence-corrected chi connectivity index (χ0v) is 18.0. The molecular weight excluding hydrogens is 417 g/mol. The van der Waals surface area contributed by atoms with E-state index in [4.69, 9.17) is 9.97 Å². The van der Waals surface area contributed by atoms with E-state index in [-0.39, 0.29) is 23.4 Å². The molecule has 3 aromatic carbocycles. The van der Waals surface area contributed by atoms with Gasteiger partial charge in [-0.1, -0.05) is 49.4 Å². The fourth-order valence-electron chi connectivity index (χ4n) is 3.98. The first-order valence-corrected chi connectivity index (χ1v) is 10.7. The Hall–Kier alpha value is -4.19. The number of phenols is 1. The van der Waals surface area contributed by atoms with Gasteiger partial charge in [-0.25, -0.2) is 14.4 Å². The van der Waals surface area contributed by atoms with Gasteiger partial charge in [0.15, 0.2) is 5.65 Å². The fraction of sp³-hybridized carbons (Fsp3) is 0.111. The van der Waals surface area contributed by atoms with Crippen molar-refractivity contribution in [2.75, 3.05) is 0 Å². The Bertz CT molecular complexity index is 1410. The predicted molar refractivity (Wildman–Crippen MR) is 125 cm³/mol. The molecule has 0 saturated carbocycles. The van der Waals surface area contributed by atoms with Crippen LogP contribution in [0.5, 0.6) is 11.6 Å². The van der Waals surface area contributed by atoms with E-state index < -0.39 is 0 Å². The van der Waals surface area contributed by atoms with E-state index in [1.807, 2.05) is 30.3 Å². The first-order chi connectivity index (χ1) is 16.0. The monoisotopic (exact) mass is 439 g/mol. The molecular formula is C27H22FN3O2. The average Bonchev–Trinajstić information content (AvgIpc) is 3.15. The van der Waals surface area contributed by atoms with Crippen molar-refractivity contribution in [3.63, 3.8) is 0 Å². The lowest BCUT2D eigenvalue weighted by atomic mass is 9.97. The van der Waals surface area contributed by atoms with Gasteiger partial charge in [0.25, 0.3) is 0 Å². The van der Waals surface area contributed by atoms with Crippen LogP contribution in [0.25, 0.3) is 16.9 Å². The maximum atomic E-state index is 13.3. The molecule has 1 atom stereocenters. The molecule has 164 valence electrons. The smallest absolute Gasteiger partial charge is 0.219 e. The lowest BCUT2D eigenvalue weighted by molar-refractivity contribution is 0.442. The molecule has 0 aliphatic heterocycles. The molecule has 2 N–H and O–H groups in total. The van der Waals surface area contributed by atoms with Gasteiger partial charge in [-0.2, -0.15) is 0 Å². The normalized spacial score (nSPS) is 12.2. The second-order valence-electron chi connectivity index (χ2n) is 8.07. The second kappa shape index (κ2) is 8.39. The summed E-state index contributed by atoms with van der Waals surface area (Å²) < 4.78 is 15.0. The predicted octanol–water partition coefficient (Wildman–Crippen LogP) is 5.69. The molecule has 5 aromatic rings. The lowest BCUT2D eigenvalue weighted by Crippen LogP contribution is -2.05. The molecule has 0 bridgehead atoms. The SMILES string of the molecule is CC(c1ccccc1)c1nc(-c2ccc(O)cc2)cn2c(O)c(Cc3ccc(F)cc3)nc12. The van der Waals surface area contributed by atoms with Gasteiger partial charge in [0.05, 0.1) is 11.4 Å². The minimum atomic E-state index is -0.306. The third-order valence-electron chi connectivity index (χ3n) is 5.83. The molecule has 0 aliphatic carbocycles. The zero-order chi connectivity index (χ0) is 22.9. The Morgan fingerprint density at radius 2 is 1.58 bits per heavy atom.